The lowest BCUT2D eigenvalue weighted by Crippen LogP contribution is -2.19. The summed E-state index contributed by atoms with van der Waals surface area (Å²) in [5.41, 5.74) is 4.11. The summed E-state index contributed by atoms with van der Waals surface area (Å²) in [5.74, 6) is -0.0733. The summed E-state index contributed by atoms with van der Waals surface area (Å²) < 4.78 is 0. The van der Waals surface area contributed by atoms with E-state index in [9.17, 15) is 9.90 Å². The van der Waals surface area contributed by atoms with E-state index in [4.69, 9.17) is 0 Å². The first kappa shape index (κ1) is 12.8. The minimum Gasteiger partial charge on any atom is -0.508 e. The summed E-state index contributed by atoms with van der Waals surface area (Å²) in [5, 5.41) is 13.2. The zero-order chi connectivity index (χ0) is 13.5. The number of rotatable bonds is 4. The van der Waals surface area contributed by atoms with Gasteiger partial charge >= 0.3 is 0 Å². The molecule has 4 heteroatoms. The lowest BCUT2D eigenvalue weighted by atomic mass is 10.1. The maximum Gasteiger partial charge on any atom is 0.244 e. The van der Waals surface area contributed by atoms with Crippen LogP contribution in [-0.2, 0) is 11.2 Å². The Balaban J connectivity index is 1.87. The first-order valence-corrected chi connectivity index (χ1v) is 5.89. The van der Waals surface area contributed by atoms with Crippen molar-refractivity contribution in [2.45, 2.75) is 6.42 Å². The molecule has 0 aliphatic carbocycles. The van der Waals surface area contributed by atoms with Crippen molar-refractivity contribution in [3.8, 4) is 5.75 Å². The topological polar surface area (TPSA) is 61.7 Å². The fourth-order valence-electron chi connectivity index (χ4n) is 1.61. The molecule has 2 aromatic rings. The average molecular weight is 254 g/mol. The molecule has 2 N–H and O–H groups in total. The number of carbonyl (C=O) groups excluding carboxylic acids is 1. The zero-order valence-electron chi connectivity index (χ0n) is 10.3. The smallest absolute Gasteiger partial charge is 0.244 e. The van der Waals surface area contributed by atoms with Crippen LogP contribution in [-0.4, -0.2) is 17.2 Å². The van der Waals surface area contributed by atoms with Gasteiger partial charge in [0.15, 0.2) is 0 Å². The molecule has 0 heterocycles. The third-order valence-electron chi connectivity index (χ3n) is 2.48. The number of hydrogen-bond donors (Lipinski definition) is 2. The Bertz CT molecular complexity index is 580. The van der Waals surface area contributed by atoms with Gasteiger partial charge in [-0.25, -0.2) is 5.43 Å². The summed E-state index contributed by atoms with van der Waals surface area (Å²) in [6, 6.07) is 16.1. The van der Waals surface area contributed by atoms with Gasteiger partial charge in [-0.2, -0.15) is 5.10 Å². The van der Waals surface area contributed by atoms with Crippen molar-refractivity contribution >= 4 is 12.1 Å². The van der Waals surface area contributed by atoms with E-state index in [0.717, 1.165) is 11.1 Å². The predicted octanol–water partition coefficient (Wildman–Crippen LogP) is 2.08. The van der Waals surface area contributed by atoms with Gasteiger partial charge in [0.2, 0.25) is 5.91 Å². The number of aromatic hydroxyl groups is 1. The van der Waals surface area contributed by atoms with Crippen LogP contribution in [0.5, 0.6) is 5.75 Å². The van der Waals surface area contributed by atoms with Crippen LogP contribution < -0.4 is 5.43 Å². The third kappa shape index (κ3) is 4.27. The molecule has 1 amide bonds. The molecule has 0 spiro atoms. The van der Waals surface area contributed by atoms with E-state index < -0.39 is 0 Å². The van der Waals surface area contributed by atoms with E-state index in [2.05, 4.69) is 10.5 Å². The van der Waals surface area contributed by atoms with Crippen LogP contribution in [0, 0.1) is 0 Å². The second-order valence-electron chi connectivity index (χ2n) is 4.05. The van der Waals surface area contributed by atoms with Crippen molar-refractivity contribution in [3.63, 3.8) is 0 Å². The SMILES string of the molecule is O=C(Cc1cccc(O)c1)NN=Cc1ccccc1. The highest BCUT2D eigenvalue weighted by Gasteiger charge is 2.02. The summed E-state index contributed by atoms with van der Waals surface area (Å²) in [6.45, 7) is 0. The summed E-state index contributed by atoms with van der Waals surface area (Å²) in [6.07, 6.45) is 1.76. The lowest BCUT2D eigenvalue weighted by molar-refractivity contribution is -0.120. The molecule has 0 aliphatic rings. The molecule has 2 aromatic carbocycles. The monoisotopic (exact) mass is 254 g/mol. The minimum absolute atomic E-state index is 0.151. The van der Waals surface area contributed by atoms with Crippen molar-refractivity contribution in [2.24, 2.45) is 5.10 Å². The van der Waals surface area contributed by atoms with Crippen LogP contribution in [0.25, 0.3) is 0 Å². The number of nitrogens with zero attached hydrogens (tertiary/aromatic N) is 1. The van der Waals surface area contributed by atoms with E-state index in [1.165, 1.54) is 0 Å². The standard InChI is InChI=1S/C15H14N2O2/c18-14-8-4-7-13(9-14)10-15(19)17-16-11-12-5-2-1-3-6-12/h1-9,11,18H,10H2,(H,17,19). The van der Waals surface area contributed by atoms with Crippen LogP contribution in [0.15, 0.2) is 59.7 Å². The van der Waals surface area contributed by atoms with Gasteiger partial charge in [-0.1, -0.05) is 42.5 Å². The molecule has 0 saturated carbocycles. The molecule has 0 aliphatic heterocycles. The minimum atomic E-state index is -0.224. The molecule has 19 heavy (non-hydrogen) atoms. The molecule has 0 bridgehead atoms. The first-order chi connectivity index (χ1) is 9.24. The summed E-state index contributed by atoms with van der Waals surface area (Å²) in [7, 11) is 0. The van der Waals surface area contributed by atoms with E-state index in [0.29, 0.717) is 0 Å². The summed E-state index contributed by atoms with van der Waals surface area (Å²) in [4.78, 5) is 11.6. The molecule has 0 unspecified atom stereocenters. The van der Waals surface area contributed by atoms with E-state index in [1.807, 2.05) is 30.3 Å². The van der Waals surface area contributed by atoms with Crippen molar-refractivity contribution in [1.82, 2.24) is 5.43 Å². The quantitative estimate of drug-likeness (QED) is 0.648. The lowest BCUT2D eigenvalue weighted by Gasteiger charge is -2.01. The number of hydrogen-bond acceptors (Lipinski definition) is 3. The van der Waals surface area contributed by atoms with E-state index in [-0.39, 0.29) is 18.1 Å². The fraction of sp³-hybridized carbons (Fsp3) is 0.0667. The normalized spacial score (nSPS) is 10.5. The molecular formula is C15H14N2O2. The van der Waals surface area contributed by atoms with Crippen molar-refractivity contribution in [3.05, 3.63) is 65.7 Å². The number of carbonyl (C=O) groups is 1. The van der Waals surface area contributed by atoms with Crippen LogP contribution in [0.1, 0.15) is 11.1 Å². The van der Waals surface area contributed by atoms with Gasteiger partial charge in [0, 0.05) is 0 Å². The van der Waals surface area contributed by atoms with Gasteiger partial charge < -0.3 is 5.11 Å². The number of hydrazone groups is 1. The van der Waals surface area contributed by atoms with E-state index >= 15 is 0 Å². The Morgan fingerprint density at radius 3 is 2.68 bits per heavy atom. The van der Waals surface area contributed by atoms with Crippen molar-refractivity contribution in [2.75, 3.05) is 0 Å². The Morgan fingerprint density at radius 2 is 1.95 bits per heavy atom. The van der Waals surface area contributed by atoms with Crippen LogP contribution in [0.4, 0.5) is 0 Å². The Labute approximate surface area is 111 Å². The molecule has 0 fully saturated rings. The molecular weight excluding hydrogens is 240 g/mol. The first-order valence-electron chi connectivity index (χ1n) is 5.89. The molecule has 0 radical (unpaired) electrons. The highest BCUT2D eigenvalue weighted by atomic mass is 16.3. The Hall–Kier alpha value is -2.62. The zero-order valence-corrected chi connectivity index (χ0v) is 10.3. The maximum atomic E-state index is 11.6. The number of phenolic OH excluding ortho intramolecular Hbond substituents is 1. The number of benzene rings is 2. The summed E-state index contributed by atoms with van der Waals surface area (Å²) >= 11 is 0. The second-order valence-corrected chi connectivity index (χ2v) is 4.05. The molecule has 96 valence electrons. The molecule has 4 nitrogen and oxygen atoms in total. The van der Waals surface area contributed by atoms with Crippen molar-refractivity contribution < 1.29 is 9.90 Å². The molecule has 0 aromatic heterocycles. The third-order valence-corrected chi connectivity index (χ3v) is 2.48. The largest absolute Gasteiger partial charge is 0.508 e. The molecule has 0 atom stereocenters. The fourth-order valence-corrected chi connectivity index (χ4v) is 1.61. The molecule has 0 saturated heterocycles. The number of amides is 1. The second kappa shape index (κ2) is 6.35. The van der Waals surface area contributed by atoms with Crippen LogP contribution in [0.3, 0.4) is 0 Å². The Morgan fingerprint density at radius 1 is 1.16 bits per heavy atom. The van der Waals surface area contributed by atoms with Crippen molar-refractivity contribution in [1.29, 1.82) is 0 Å². The molecule has 2 rings (SSSR count). The Kier molecular flexibility index (Phi) is 4.29. The highest BCUT2D eigenvalue weighted by Crippen LogP contribution is 2.11. The van der Waals surface area contributed by atoms with Gasteiger partial charge in [-0.15, -0.1) is 0 Å². The average Bonchev–Trinajstić information content (AvgIpc) is 2.40. The van der Waals surface area contributed by atoms with Gasteiger partial charge in [0.1, 0.15) is 5.75 Å². The van der Waals surface area contributed by atoms with Gasteiger partial charge in [0.25, 0.3) is 0 Å². The van der Waals surface area contributed by atoms with Gasteiger partial charge in [-0.05, 0) is 23.3 Å². The predicted molar refractivity (Wildman–Crippen MR) is 74.0 cm³/mol. The van der Waals surface area contributed by atoms with Gasteiger partial charge in [-0.3, -0.25) is 4.79 Å². The number of phenols is 1. The van der Waals surface area contributed by atoms with Gasteiger partial charge in [0.05, 0.1) is 12.6 Å². The van der Waals surface area contributed by atoms with E-state index in [1.54, 1.807) is 30.5 Å². The number of nitrogens with one attached hydrogen (secondary N) is 1. The van der Waals surface area contributed by atoms with Crippen LogP contribution in [0.2, 0.25) is 0 Å². The van der Waals surface area contributed by atoms with Crippen LogP contribution >= 0.6 is 0 Å². The maximum absolute atomic E-state index is 11.6. The highest BCUT2D eigenvalue weighted by molar-refractivity contribution is 5.83.